The summed E-state index contributed by atoms with van der Waals surface area (Å²) in [5.74, 6) is 0.747. The van der Waals surface area contributed by atoms with Crippen molar-refractivity contribution >= 4 is 17.4 Å². The van der Waals surface area contributed by atoms with E-state index in [0.717, 1.165) is 18.9 Å². The molecule has 1 aromatic carbocycles. The molecule has 0 spiro atoms. The molecule has 2 rings (SSSR count). The fourth-order valence-electron chi connectivity index (χ4n) is 1.58. The van der Waals surface area contributed by atoms with Crippen LogP contribution in [0.2, 0.25) is 5.28 Å². The van der Waals surface area contributed by atoms with Crippen LogP contribution < -0.4 is 4.90 Å². The molecule has 5 heteroatoms. The Hall–Kier alpha value is -1.68. The second kappa shape index (κ2) is 5.59. The monoisotopic (exact) mass is 248 g/mol. The van der Waals surface area contributed by atoms with E-state index in [-0.39, 0.29) is 5.28 Å². The van der Waals surface area contributed by atoms with Gasteiger partial charge in [0, 0.05) is 13.1 Å². The van der Waals surface area contributed by atoms with Gasteiger partial charge in [0.25, 0.3) is 0 Å². The molecule has 0 radical (unpaired) electrons. The normalized spacial score (nSPS) is 10.2. The molecular formula is C12H13ClN4. The number of rotatable bonds is 4. The van der Waals surface area contributed by atoms with Crippen LogP contribution in [0.15, 0.2) is 36.5 Å². The van der Waals surface area contributed by atoms with Gasteiger partial charge in [-0.3, -0.25) is 0 Å². The average Bonchev–Trinajstić information content (AvgIpc) is 2.37. The van der Waals surface area contributed by atoms with Crippen molar-refractivity contribution in [1.29, 1.82) is 0 Å². The fourth-order valence-corrected chi connectivity index (χ4v) is 1.72. The average molecular weight is 249 g/mol. The van der Waals surface area contributed by atoms with Crippen LogP contribution in [-0.4, -0.2) is 21.7 Å². The maximum Gasteiger partial charge on any atom is 0.244 e. The maximum absolute atomic E-state index is 5.74. The molecule has 1 aromatic heterocycles. The lowest BCUT2D eigenvalue weighted by molar-refractivity contribution is 0.796. The van der Waals surface area contributed by atoms with Gasteiger partial charge in [-0.15, -0.1) is 5.10 Å². The zero-order chi connectivity index (χ0) is 12.1. The van der Waals surface area contributed by atoms with Crippen LogP contribution in [0.1, 0.15) is 12.5 Å². The summed E-state index contributed by atoms with van der Waals surface area (Å²) < 4.78 is 0. The molecule has 0 aliphatic carbocycles. The van der Waals surface area contributed by atoms with E-state index < -0.39 is 0 Å². The van der Waals surface area contributed by atoms with Gasteiger partial charge in [0.15, 0.2) is 5.82 Å². The molecule has 0 fully saturated rings. The number of nitrogens with zero attached hydrogens (tertiary/aromatic N) is 4. The van der Waals surface area contributed by atoms with Crippen LogP contribution in [0.25, 0.3) is 0 Å². The lowest BCUT2D eigenvalue weighted by atomic mass is 10.2. The molecule has 4 nitrogen and oxygen atoms in total. The molecule has 17 heavy (non-hydrogen) atoms. The Morgan fingerprint density at radius 1 is 1.24 bits per heavy atom. The molecule has 0 bridgehead atoms. The minimum absolute atomic E-state index is 0.175. The summed E-state index contributed by atoms with van der Waals surface area (Å²) in [5, 5.41) is 7.62. The predicted molar refractivity (Wildman–Crippen MR) is 68.0 cm³/mol. The molecule has 0 saturated heterocycles. The molecule has 1 heterocycles. The molecule has 0 unspecified atom stereocenters. The van der Waals surface area contributed by atoms with Gasteiger partial charge >= 0.3 is 0 Å². The third-order valence-corrected chi connectivity index (χ3v) is 2.60. The summed E-state index contributed by atoms with van der Waals surface area (Å²) in [6.07, 6.45) is 1.62. The third kappa shape index (κ3) is 3.14. The zero-order valence-corrected chi connectivity index (χ0v) is 10.3. The third-order valence-electron chi connectivity index (χ3n) is 2.44. The van der Waals surface area contributed by atoms with Gasteiger partial charge in [-0.05, 0) is 24.1 Å². The first-order valence-corrected chi connectivity index (χ1v) is 5.81. The quantitative estimate of drug-likeness (QED) is 0.834. The minimum atomic E-state index is 0.175. The number of benzene rings is 1. The van der Waals surface area contributed by atoms with Crippen molar-refractivity contribution in [2.45, 2.75) is 13.5 Å². The largest absolute Gasteiger partial charge is 0.351 e. The van der Waals surface area contributed by atoms with Gasteiger partial charge in [0.2, 0.25) is 5.28 Å². The number of hydrogen-bond acceptors (Lipinski definition) is 4. The van der Waals surface area contributed by atoms with Gasteiger partial charge in [0.1, 0.15) is 0 Å². The van der Waals surface area contributed by atoms with Crippen LogP contribution >= 0.6 is 11.6 Å². The summed E-state index contributed by atoms with van der Waals surface area (Å²) in [6, 6.07) is 10.2. The lowest BCUT2D eigenvalue weighted by Crippen LogP contribution is -2.23. The Bertz CT molecular complexity index is 475. The van der Waals surface area contributed by atoms with Crippen molar-refractivity contribution in [2.24, 2.45) is 0 Å². The van der Waals surface area contributed by atoms with Gasteiger partial charge in [-0.2, -0.15) is 10.1 Å². The van der Waals surface area contributed by atoms with Crippen LogP contribution in [0.5, 0.6) is 0 Å². The summed E-state index contributed by atoms with van der Waals surface area (Å²) in [5.41, 5.74) is 1.23. The first-order chi connectivity index (χ1) is 8.29. The molecule has 0 saturated carbocycles. The van der Waals surface area contributed by atoms with E-state index in [4.69, 9.17) is 11.6 Å². The summed E-state index contributed by atoms with van der Waals surface area (Å²) in [7, 11) is 0. The Kier molecular flexibility index (Phi) is 3.88. The van der Waals surface area contributed by atoms with E-state index >= 15 is 0 Å². The Balaban J connectivity index is 2.17. The molecule has 0 atom stereocenters. The van der Waals surface area contributed by atoms with Gasteiger partial charge in [0.05, 0.1) is 6.20 Å². The van der Waals surface area contributed by atoms with Crippen molar-refractivity contribution in [3.05, 3.63) is 47.4 Å². The molecule has 2 aromatic rings. The second-order valence-electron chi connectivity index (χ2n) is 3.58. The molecule has 0 aliphatic rings. The van der Waals surface area contributed by atoms with Crippen LogP contribution in [-0.2, 0) is 6.54 Å². The van der Waals surface area contributed by atoms with Gasteiger partial charge < -0.3 is 4.90 Å². The van der Waals surface area contributed by atoms with Crippen LogP contribution in [0.4, 0.5) is 5.82 Å². The molecule has 0 aliphatic heterocycles. The number of halogens is 1. The van der Waals surface area contributed by atoms with Crippen molar-refractivity contribution in [2.75, 3.05) is 11.4 Å². The Morgan fingerprint density at radius 3 is 2.65 bits per heavy atom. The van der Waals surface area contributed by atoms with Crippen LogP contribution in [0, 0.1) is 0 Å². The van der Waals surface area contributed by atoms with E-state index in [9.17, 15) is 0 Å². The first-order valence-electron chi connectivity index (χ1n) is 5.43. The first kappa shape index (κ1) is 11.8. The molecule has 88 valence electrons. The molecule has 0 N–H and O–H groups in total. The highest BCUT2D eigenvalue weighted by Gasteiger charge is 2.07. The Labute approximate surface area is 105 Å². The van der Waals surface area contributed by atoms with E-state index in [1.54, 1.807) is 6.20 Å². The van der Waals surface area contributed by atoms with E-state index in [1.807, 2.05) is 18.2 Å². The predicted octanol–water partition coefficient (Wildman–Crippen LogP) is 2.55. The second-order valence-corrected chi connectivity index (χ2v) is 3.92. The summed E-state index contributed by atoms with van der Waals surface area (Å²) in [4.78, 5) is 6.25. The molecule has 0 amide bonds. The van der Waals surface area contributed by atoms with Crippen molar-refractivity contribution in [3.8, 4) is 0 Å². The van der Waals surface area contributed by atoms with Gasteiger partial charge in [-0.1, -0.05) is 30.3 Å². The number of anilines is 1. The SMILES string of the molecule is CCN(Cc1ccccc1)c1cnnc(Cl)n1. The standard InChI is InChI=1S/C12H13ClN4/c1-2-17(9-10-6-4-3-5-7-10)11-8-14-16-12(13)15-11/h3-8H,2,9H2,1H3. The fraction of sp³-hybridized carbons (Fsp3) is 0.250. The highest BCUT2D eigenvalue weighted by Crippen LogP contribution is 2.14. The highest BCUT2D eigenvalue weighted by atomic mass is 35.5. The minimum Gasteiger partial charge on any atom is -0.351 e. The van der Waals surface area contributed by atoms with E-state index in [1.165, 1.54) is 5.56 Å². The number of hydrogen-bond donors (Lipinski definition) is 0. The molecular weight excluding hydrogens is 236 g/mol. The maximum atomic E-state index is 5.74. The van der Waals surface area contributed by atoms with E-state index in [0.29, 0.717) is 0 Å². The Morgan fingerprint density at radius 2 is 2.00 bits per heavy atom. The smallest absolute Gasteiger partial charge is 0.244 e. The summed E-state index contributed by atoms with van der Waals surface area (Å²) >= 11 is 5.74. The lowest BCUT2D eigenvalue weighted by Gasteiger charge is -2.21. The highest BCUT2D eigenvalue weighted by molar-refractivity contribution is 6.28. The topological polar surface area (TPSA) is 41.9 Å². The van der Waals surface area contributed by atoms with Crippen molar-refractivity contribution in [3.63, 3.8) is 0 Å². The van der Waals surface area contributed by atoms with Crippen LogP contribution in [0.3, 0.4) is 0 Å². The van der Waals surface area contributed by atoms with Crippen molar-refractivity contribution < 1.29 is 0 Å². The van der Waals surface area contributed by atoms with E-state index in [2.05, 4.69) is 39.1 Å². The summed E-state index contributed by atoms with van der Waals surface area (Å²) in [6.45, 7) is 3.69. The van der Waals surface area contributed by atoms with Crippen molar-refractivity contribution in [1.82, 2.24) is 15.2 Å². The van der Waals surface area contributed by atoms with Gasteiger partial charge in [-0.25, -0.2) is 0 Å². The zero-order valence-electron chi connectivity index (χ0n) is 9.55. The number of aromatic nitrogens is 3.